The molecule has 0 amide bonds. The van der Waals surface area contributed by atoms with E-state index in [4.69, 9.17) is 11.6 Å². The number of hydrogen-bond acceptors (Lipinski definition) is 3. The zero-order valence-electron chi connectivity index (χ0n) is 8.59. The van der Waals surface area contributed by atoms with Crippen LogP contribution in [0.1, 0.15) is 19.3 Å². The van der Waals surface area contributed by atoms with E-state index in [9.17, 15) is 8.42 Å². The first-order valence-electron chi connectivity index (χ1n) is 4.33. The fourth-order valence-corrected chi connectivity index (χ4v) is 2.07. The molecule has 0 aliphatic heterocycles. The highest BCUT2D eigenvalue weighted by Crippen LogP contribution is 2.11. The van der Waals surface area contributed by atoms with Gasteiger partial charge in [-0.25, -0.2) is 13.4 Å². The second-order valence-electron chi connectivity index (χ2n) is 3.17. The summed E-state index contributed by atoms with van der Waals surface area (Å²) in [5.74, 6) is 0.550. The Morgan fingerprint density at radius 1 is 1.43 bits per heavy atom. The van der Waals surface area contributed by atoms with Crippen molar-refractivity contribution in [2.45, 2.75) is 19.3 Å². The highest BCUT2D eigenvalue weighted by molar-refractivity contribution is 7.93. The minimum absolute atomic E-state index is 0.205. The Kier molecular flexibility index (Phi) is 6.35. The molecule has 14 heavy (non-hydrogen) atoms. The molecule has 0 radical (unpaired) electrons. The van der Waals surface area contributed by atoms with Crippen LogP contribution in [0.3, 0.4) is 0 Å². The lowest BCUT2D eigenvalue weighted by molar-refractivity contribution is 0.365. The van der Waals surface area contributed by atoms with Crippen LogP contribution in [0.25, 0.3) is 0 Å². The molecule has 0 fully saturated rings. The summed E-state index contributed by atoms with van der Waals surface area (Å²) in [5.41, 5.74) is 0. The number of allylic oxidation sites excluding steroid dienone is 1. The number of sulfonamides is 1. The van der Waals surface area contributed by atoms with Crippen LogP contribution in [-0.4, -0.2) is 33.4 Å². The molecule has 4 nitrogen and oxygen atoms in total. The van der Waals surface area contributed by atoms with Gasteiger partial charge in [-0.05, 0) is 19.3 Å². The summed E-state index contributed by atoms with van der Waals surface area (Å²) in [6.07, 6.45) is 2.00. The van der Waals surface area contributed by atoms with Crippen LogP contribution in [0.4, 0.5) is 0 Å². The highest BCUT2D eigenvalue weighted by Gasteiger charge is 2.15. The summed E-state index contributed by atoms with van der Waals surface area (Å²) < 4.78 is 22.9. The van der Waals surface area contributed by atoms with Gasteiger partial charge in [-0.15, -0.1) is 16.4 Å². The quantitative estimate of drug-likeness (QED) is 0.415. The van der Waals surface area contributed by atoms with Crippen molar-refractivity contribution in [1.29, 1.82) is 0 Å². The minimum Gasteiger partial charge on any atom is -0.237 e. The molecule has 0 spiro atoms. The summed E-state index contributed by atoms with van der Waals surface area (Å²) in [7, 11) is -0.172. The van der Waals surface area contributed by atoms with Crippen LogP contribution in [-0.2, 0) is 10.0 Å². The van der Waals surface area contributed by atoms with Gasteiger partial charge in [0.25, 0.3) is 0 Å². The van der Waals surface area contributed by atoms with E-state index in [0.29, 0.717) is 12.3 Å². The van der Waals surface area contributed by atoms with E-state index in [1.54, 1.807) is 14.1 Å². The molecule has 1 N–H and O–H groups in total. The number of hydrogen-bond donors (Lipinski definition) is 1. The van der Waals surface area contributed by atoms with Crippen molar-refractivity contribution in [1.82, 2.24) is 9.84 Å². The van der Waals surface area contributed by atoms with Gasteiger partial charge in [0.2, 0.25) is 10.0 Å². The first kappa shape index (κ1) is 13.9. The van der Waals surface area contributed by atoms with Crippen molar-refractivity contribution >= 4 is 21.6 Å². The monoisotopic (exact) mass is 240 g/mol. The third-order valence-corrected chi connectivity index (χ3v) is 3.36. The molecule has 0 saturated heterocycles. The fourth-order valence-electron chi connectivity index (χ4n) is 0.856. The number of hydrazine groups is 1. The number of alkyl halides is 1. The van der Waals surface area contributed by atoms with Crippen molar-refractivity contribution in [2.24, 2.45) is 0 Å². The predicted molar refractivity (Wildman–Crippen MR) is 59.5 cm³/mol. The van der Waals surface area contributed by atoms with Crippen LogP contribution < -0.4 is 4.83 Å². The van der Waals surface area contributed by atoms with E-state index in [1.807, 2.05) is 0 Å². The predicted octanol–water partition coefficient (Wildman–Crippen LogP) is 1.31. The van der Waals surface area contributed by atoms with Crippen LogP contribution in [0.2, 0.25) is 0 Å². The fraction of sp³-hybridized carbons (Fsp3) is 0.750. The van der Waals surface area contributed by atoms with Crippen molar-refractivity contribution in [3.05, 3.63) is 11.5 Å². The lowest BCUT2D eigenvalue weighted by Crippen LogP contribution is -2.36. The molecule has 0 saturated carbocycles. The molecule has 6 heteroatoms. The Labute approximate surface area is 90.9 Å². The van der Waals surface area contributed by atoms with Gasteiger partial charge in [-0.1, -0.05) is 6.58 Å². The molecule has 0 aromatic rings. The first-order chi connectivity index (χ1) is 6.40. The lowest BCUT2D eigenvalue weighted by atomic mass is 10.2. The largest absolute Gasteiger partial charge is 0.248 e. The van der Waals surface area contributed by atoms with Crippen molar-refractivity contribution in [3.8, 4) is 0 Å². The zero-order chi connectivity index (χ0) is 11.2. The molecular formula is C8H17ClN2O2S. The minimum atomic E-state index is -3.40. The van der Waals surface area contributed by atoms with Crippen LogP contribution in [0.5, 0.6) is 0 Å². The number of rotatable bonds is 7. The molecular weight excluding hydrogens is 224 g/mol. The number of nitrogens with one attached hydrogen (secondary N) is 1. The summed E-state index contributed by atoms with van der Waals surface area (Å²) in [5, 5.41) is 1.38. The van der Waals surface area contributed by atoms with Gasteiger partial charge in [0.05, 0.1) is 4.91 Å². The maximum Gasteiger partial charge on any atom is 0.248 e. The number of unbranched alkanes of at least 4 members (excludes halogenated alkanes) is 1. The second kappa shape index (κ2) is 6.40. The standard InChI is InChI=1S/C8H17ClN2O2S/c1-8(6-4-5-7-9)14(12,13)10-11(2)3/h10H,1,4-7H2,2-3H3. The maximum absolute atomic E-state index is 11.4. The lowest BCUT2D eigenvalue weighted by Gasteiger charge is -2.13. The number of nitrogens with zero attached hydrogens (tertiary/aromatic N) is 1. The maximum atomic E-state index is 11.4. The van der Waals surface area contributed by atoms with E-state index in [1.165, 1.54) is 5.01 Å². The Hall–Kier alpha value is -0.100. The topological polar surface area (TPSA) is 49.4 Å². The summed E-state index contributed by atoms with van der Waals surface area (Å²) in [6, 6.07) is 0. The third kappa shape index (κ3) is 5.59. The Balaban J connectivity index is 4.10. The molecule has 0 heterocycles. The van der Waals surface area contributed by atoms with Gasteiger partial charge >= 0.3 is 0 Å². The van der Waals surface area contributed by atoms with Crippen LogP contribution >= 0.6 is 11.6 Å². The van der Waals surface area contributed by atoms with Gasteiger partial charge in [0, 0.05) is 20.0 Å². The summed E-state index contributed by atoms with van der Waals surface area (Å²) >= 11 is 5.48. The smallest absolute Gasteiger partial charge is 0.237 e. The van der Waals surface area contributed by atoms with E-state index < -0.39 is 10.0 Å². The van der Waals surface area contributed by atoms with Gasteiger partial charge in [-0.3, -0.25) is 0 Å². The van der Waals surface area contributed by atoms with E-state index >= 15 is 0 Å². The second-order valence-corrected chi connectivity index (χ2v) is 5.32. The molecule has 0 atom stereocenters. The molecule has 0 unspecified atom stereocenters. The van der Waals surface area contributed by atoms with Crippen molar-refractivity contribution in [3.63, 3.8) is 0 Å². The van der Waals surface area contributed by atoms with Gasteiger partial charge < -0.3 is 0 Å². The Morgan fingerprint density at radius 2 is 2.00 bits per heavy atom. The molecule has 0 rings (SSSR count). The molecule has 0 aromatic heterocycles. The van der Waals surface area contributed by atoms with E-state index in [-0.39, 0.29) is 4.91 Å². The van der Waals surface area contributed by atoms with Gasteiger partial charge in [-0.2, -0.15) is 0 Å². The van der Waals surface area contributed by atoms with Gasteiger partial charge in [0.15, 0.2) is 0 Å². The number of halogens is 1. The third-order valence-electron chi connectivity index (χ3n) is 1.52. The zero-order valence-corrected chi connectivity index (χ0v) is 10.2. The Morgan fingerprint density at radius 3 is 2.43 bits per heavy atom. The molecule has 0 bridgehead atoms. The molecule has 0 aromatic carbocycles. The van der Waals surface area contributed by atoms with Crippen molar-refractivity contribution in [2.75, 3.05) is 20.0 Å². The van der Waals surface area contributed by atoms with Crippen LogP contribution in [0.15, 0.2) is 11.5 Å². The Bertz CT molecular complexity index is 275. The average molecular weight is 241 g/mol. The SMILES string of the molecule is C=C(CCCCCl)S(=O)(=O)NN(C)C. The van der Waals surface area contributed by atoms with E-state index in [2.05, 4.69) is 11.4 Å². The molecule has 0 aliphatic carbocycles. The van der Waals surface area contributed by atoms with Crippen LogP contribution in [0, 0.1) is 0 Å². The highest BCUT2D eigenvalue weighted by atomic mass is 35.5. The van der Waals surface area contributed by atoms with E-state index in [0.717, 1.165) is 12.8 Å². The summed E-state index contributed by atoms with van der Waals surface area (Å²) in [6.45, 7) is 3.53. The van der Waals surface area contributed by atoms with Gasteiger partial charge in [0.1, 0.15) is 0 Å². The normalized spacial score (nSPS) is 12.0. The molecule has 0 aliphatic rings. The summed E-state index contributed by atoms with van der Waals surface area (Å²) in [4.78, 5) is 2.52. The molecule has 84 valence electrons. The average Bonchev–Trinajstić information content (AvgIpc) is 2.02. The first-order valence-corrected chi connectivity index (χ1v) is 6.35. The van der Waals surface area contributed by atoms with Crippen molar-refractivity contribution < 1.29 is 8.42 Å².